The van der Waals surface area contributed by atoms with Crippen molar-refractivity contribution < 1.29 is 4.79 Å². The number of Topliss-reactive ketones (excluding diaryl/α,β-unsaturated/α-hetero) is 1. The van der Waals surface area contributed by atoms with Crippen molar-refractivity contribution in [2.24, 2.45) is 4.99 Å². The number of nitrogens with zero attached hydrogens (tertiary/aromatic N) is 4. The molecule has 0 saturated heterocycles. The number of benzene rings is 1. The zero-order valence-electron chi connectivity index (χ0n) is 16.0. The molecular formula is C21H22N4OS. The summed E-state index contributed by atoms with van der Waals surface area (Å²) in [6.45, 7) is 8.12. The van der Waals surface area contributed by atoms with Crippen LogP contribution in [0.1, 0.15) is 59.0 Å². The Morgan fingerprint density at radius 2 is 1.89 bits per heavy atom. The van der Waals surface area contributed by atoms with E-state index in [1.165, 1.54) is 10.4 Å². The molecule has 0 aliphatic carbocycles. The maximum Gasteiger partial charge on any atom is 0.163 e. The Balaban J connectivity index is 2.02. The summed E-state index contributed by atoms with van der Waals surface area (Å²) < 4.78 is 2.09. The monoisotopic (exact) mass is 378 g/mol. The summed E-state index contributed by atoms with van der Waals surface area (Å²) >= 11 is 1.73. The van der Waals surface area contributed by atoms with E-state index < -0.39 is 0 Å². The first kappa shape index (κ1) is 17.8. The first-order chi connectivity index (χ1) is 13.0. The topological polar surface area (TPSA) is 60.1 Å². The lowest BCUT2D eigenvalue weighted by Gasteiger charge is -2.11. The van der Waals surface area contributed by atoms with E-state index in [0.717, 1.165) is 33.5 Å². The van der Waals surface area contributed by atoms with Crippen LogP contribution >= 0.6 is 11.3 Å². The summed E-state index contributed by atoms with van der Waals surface area (Å²) in [7, 11) is 0. The zero-order valence-corrected chi connectivity index (χ0v) is 16.8. The number of rotatable bonds is 4. The van der Waals surface area contributed by atoms with Crippen LogP contribution in [0.4, 0.5) is 0 Å². The SMILES string of the molecule is CCC(=O)C[C@@H]1N=C(c2ccccc2)c2c(sc(C)c2C)-n2c(C)nnc21. The van der Waals surface area contributed by atoms with Gasteiger partial charge in [-0.2, -0.15) is 0 Å². The number of hydrogen-bond donors (Lipinski definition) is 0. The summed E-state index contributed by atoms with van der Waals surface area (Å²) in [5.74, 6) is 1.76. The van der Waals surface area contributed by atoms with Gasteiger partial charge in [0.2, 0.25) is 0 Å². The van der Waals surface area contributed by atoms with Gasteiger partial charge in [-0.25, -0.2) is 0 Å². The second-order valence-electron chi connectivity index (χ2n) is 6.86. The molecule has 3 heterocycles. The maximum absolute atomic E-state index is 12.3. The molecule has 27 heavy (non-hydrogen) atoms. The molecule has 0 unspecified atom stereocenters. The Morgan fingerprint density at radius 3 is 2.59 bits per heavy atom. The first-order valence-electron chi connectivity index (χ1n) is 9.18. The molecule has 138 valence electrons. The van der Waals surface area contributed by atoms with Gasteiger partial charge in [-0.15, -0.1) is 21.5 Å². The van der Waals surface area contributed by atoms with Crippen LogP contribution in [-0.2, 0) is 4.79 Å². The number of thiophene rings is 1. The van der Waals surface area contributed by atoms with Crippen molar-refractivity contribution in [3.05, 3.63) is 63.5 Å². The molecule has 1 aromatic carbocycles. The Morgan fingerprint density at radius 1 is 1.15 bits per heavy atom. The highest BCUT2D eigenvalue weighted by Crippen LogP contribution is 2.39. The molecule has 4 rings (SSSR count). The lowest BCUT2D eigenvalue weighted by Crippen LogP contribution is -2.10. The summed E-state index contributed by atoms with van der Waals surface area (Å²) in [5.41, 5.74) is 4.34. The number of fused-ring (bicyclic) bond motifs is 3. The van der Waals surface area contributed by atoms with Crippen LogP contribution in [0, 0.1) is 20.8 Å². The van der Waals surface area contributed by atoms with E-state index in [2.05, 4.69) is 40.7 Å². The molecule has 0 amide bonds. The minimum Gasteiger partial charge on any atom is -0.300 e. The standard InChI is InChI=1S/C21H22N4OS/c1-5-16(26)11-17-20-24-23-14(4)25(20)21-18(12(2)13(3)27-21)19(22-17)15-9-7-6-8-10-15/h6-10,17H,5,11H2,1-4H3/t17-/m0/s1. The molecule has 0 spiro atoms. The van der Waals surface area contributed by atoms with Gasteiger partial charge in [0.25, 0.3) is 0 Å². The number of carbonyl (C=O) groups is 1. The molecule has 0 N–H and O–H groups in total. The van der Waals surface area contributed by atoms with Crippen molar-refractivity contribution in [3.8, 4) is 5.00 Å². The molecule has 0 saturated carbocycles. The first-order valence-corrected chi connectivity index (χ1v) is 10.0. The average molecular weight is 379 g/mol. The fraction of sp³-hybridized carbons (Fsp3) is 0.333. The van der Waals surface area contributed by atoms with E-state index in [4.69, 9.17) is 4.99 Å². The Kier molecular flexibility index (Phi) is 4.52. The maximum atomic E-state index is 12.3. The van der Waals surface area contributed by atoms with E-state index in [-0.39, 0.29) is 11.8 Å². The Hall–Kier alpha value is -2.60. The molecule has 1 atom stereocenters. The molecule has 2 aromatic heterocycles. The molecule has 5 nitrogen and oxygen atoms in total. The van der Waals surface area contributed by atoms with Crippen LogP contribution in [0.15, 0.2) is 35.3 Å². The molecule has 1 aliphatic rings. The van der Waals surface area contributed by atoms with Gasteiger partial charge in [0.05, 0.1) is 5.71 Å². The van der Waals surface area contributed by atoms with Crippen molar-refractivity contribution in [1.82, 2.24) is 14.8 Å². The van der Waals surface area contributed by atoms with Crippen molar-refractivity contribution in [1.29, 1.82) is 0 Å². The summed E-state index contributed by atoms with van der Waals surface area (Å²) in [6.07, 6.45) is 0.845. The smallest absolute Gasteiger partial charge is 0.163 e. The number of ketones is 1. The third-order valence-electron chi connectivity index (χ3n) is 5.10. The van der Waals surface area contributed by atoms with Gasteiger partial charge >= 0.3 is 0 Å². The van der Waals surface area contributed by atoms with E-state index in [1.807, 2.05) is 32.0 Å². The van der Waals surface area contributed by atoms with Crippen LogP contribution in [0.25, 0.3) is 5.00 Å². The lowest BCUT2D eigenvalue weighted by molar-refractivity contribution is -0.119. The predicted octanol–water partition coefficient (Wildman–Crippen LogP) is 4.52. The van der Waals surface area contributed by atoms with Gasteiger partial charge in [0, 0.05) is 28.8 Å². The average Bonchev–Trinajstić information content (AvgIpc) is 3.15. The largest absolute Gasteiger partial charge is 0.300 e. The molecular weight excluding hydrogens is 356 g/mol. The highest BCUT2D eigenvalue weighted by Gasteiger charge is 2.31. The molecule has 6 heteroatoms. The summed E-state index contributed by atoms with van der Waals surface area (Å²) in [6, 6.07) is 9.88. The van der Waals surface area contributed by atoms with E-state index in [0.29, 0.717) is 12.8 Å². The van der Waals surface area contributed by atoms with Crippen LogP contribution in [-0.4, -0.2) is 26.3 Å². The van der Waals surface area contributed by atoms with Crippen molar-refractivity contribution in [3.63, 3.8) is 0 Å². The second kappa shape index (κ2) is 6.85. The number of carbonyl (C=O) groups excluding carboxylic acids is 1. The van der Waals surface area contributed by atoms with Gasteiger partial charge in [0.15, 0.2) is 5.82 Å². The Labute approximate surface area is 162 Å². The number of aryl methyl sites for hydroxylation is 2. The predicted molar refractivity (Wildman–Crippen MR) is 108 cm³/mol. The fourth-order valence-corrected chi connectivity index (χ4v) is 4.69. The molecule has 0 radical (unpaired) electrons. The highest BCUT2D eigenvalue weighted by molar-refractivity contribution is 7.15. The zero-order chi connectivity index (χ0) is 19.1. The third-order valence-corrected chi connectivity index (χ3v) is 6.29. The molecule has 0 fully saturated rings. The molecule has 0 bridgehead atoms. The van der Waals surface area contributed by atoms with Crippen LogP contribution in [0.3, 0.4) is 0 Å². The van der Waals surface area contributed by atoms with Gasteiger partial charge in [0.1, 0.15) is 22.7 Å². The summed E-state index contributed by atoms with van der Waals surface area (Å²) in [4.78, 5) is 18.6. The second-order valence-corrected chi connectivity index (χ2v) is 8.06. The van der Waals surface area contributed by atoms with Crippen LogP contribution in [0.2, 0.25) is 0 Å². The van der Waals surface area contributed by atoms with Gasteiger partial charge in [-0.05, 0) is 26.3 Å². The summed E-state index contributed by atoms with van der Waals surface area (Å²) in [5, 5.41) is 9.80. The van der Waals surface area contributed by atoms with E-state index in [9.17, 15) is 4.79 Å². The fourth-order valence-electron chi connectivity index (χ4n) is 3.48. The molecule has 1 aliphatic heterocycles. The number of hydrogen-bond acceptors (Lipinski definition) is 5. The third kappa shape index (κ3) is 2.94. The van der Waals surface area contributed by atoms with Gasteiger partial charge in [-0.1, -0.05) is 37.3 Å². The minimum absolute atomic E-state index is 0.182. The van der Waals surface area contributed by atoms with E-state index >= 15 is 0 Å². The highest BCUT2D eigenvalue weighted by atomic mass is 32.1. The lowest BCUT2D eigenvalue weighted by atomic mass is 9.99. The number of aliphatic imine (C=N–C) groups is 1. The van der Waals surface area contributed by atoms with Crippen LogP contribution < -0.4 is 0 Å². The van der Waals surface area contributed by atoms with Gasteiger partial charge < -0.3 is 0 Å². The normalized spacial score (nSPS) is 15.7. The Bertz CT molecular complexity index is 1050. The van der Waals surface area contributed by atoms with Crippen molar-refractivity contribution >= 4 is 22.8 Å². The van der Waals surface area contributed by atoms with Crippen molar-refractivity contribution in [2.75, 3.05) is 0 Å². The number of aromatic nitrogens is 3. The van der Waals surface area contributed by atoms with Crippen molar-refractivity contribution in [2.45, 2.75) is 46.6 Å². The van der Waals surface area contributed by atoms with Gasteiger partial charge in [-0.3, -0.25) is 14.4 Å². The quantitative estimate of drug-likeness (QED) is 0.671. The minimum atomic E-state index is -0.326. The van der Waals surface area contributed by atoms with Crippen LogP contribution in [0.5, 0.6) is 0 Å². The van der Waals surface area contributed by atoms with E-state index in [1.54, 1.807) is 11.3 Å². The molecule has 3 aromatic rings.